The van der Waals surface area contributed by atoms with Crippen LogP contribution >= 0.6 is 0 Å². The van der Waals surface area contributed by atoms with Crippen LogP contribution in [0.15, 0.2) is 48.5 Å². The molecule has 0 saturated heterocycles. The van der Waals surface area contributed by atoms with Gasteiger partial charge < -0.3 is 10.6 Å². The van der Waals surface area contributed by atoms with E-state index < -0.39 is 0 Å². The lowest BCUT2D eigenvalue weighted by Gasteiger charge is -2.07. The number of hydrogen-bond donors (Lipinski definition) is 2. The van der Waals surface area contributed by atoms with E-state index in [1.54, 1.807) is 24.3 Å². The first kappa shape index (κ1) is 12.8. The number of rotatable bonds is 4. The number of carbonyl (C=O) groups excluding carboxylic acids is 2. The Kier molecular flexibility index (Phi) is 3.93. The highest BCUT2D eigenvalue weighted by Crippen LogP contribution is 2.13. The van der Waals surface area contributed by atoms with Crippen molar-refractivity contribution >= 4 is 23.7 Å². The zero-order chi connectivity index (χ0) is 13.7. The molecule has 2 aromatic carbocycles. The summed E-state index contributed by atoms with van der Waals surface area (Å²) in [6.07, 6.45) is 0.580. The fourth-order valence-corrected chi connectivity index (χ4v) is 1.66. The van der Waals surface area contributed by atoms with E-state index >= 15 is 0 Å². The summed E-state index contributed by atoms with van der Waals surface area (Å²) in [6.45, 7) is 1.99. The third-order valence-corrected chi connectivity index (χ3v) is 2.66. The Labute approximate surface area is 111 Å². The molecule has 0 atom stereocenters. The van der Waals surface area contributed by atoms with E-state index in [1.165, 1.54) is 0 Å². The van der Waals surface area contributed by atoms with Gasteiger partial charge in [0.2, 0.25) is 6.41 Å². The van der Waals surface area contributed by atoms with Crippen molar-refractivity contribution in [2.24, 2.45) is 0 Å². The molecular weight excluding hydrogens is 240 g/mol. The van der Waals surface area contributed by atoms with Crippen LogP contribution in [0.5, 0.6) is 0 Å². The van der Waals surface area contributed by atoms with Crippen molar-refractivity contribution in [3.8, 4) is 0 Å². The molecule has 0 heterocycles. The highest BCUT2D eigenvalue weighted by atomic mass is 16.1. The van der Waals surface area contributed by atoms with E-state index in [9.17, 15) is 9.59 Å². The van der Waals surface area contributed by atoms with Gasteiger partial charge in [-0.1, -0.05) is 23.8 Å². The molecule has 0 radical (unpaired) electrons. The van der Waals surface area contributed by atoms with Gasteiger partial charge in [-0.2, -0.15) is 0 Å². The van der Waals surface area contributed by atoms with Crippen molar-refractivity contribution in [3.63, 3.8) is 0 Å². The van der Waals surface area contributed by atoms with Crippen LogP contribution in [0.25, 0.3) is 0 Å². The van der Waals surface area contributed by atoms with Crippen LogP contribution in [-0.4, -0.2) is 12.3 Å². The van der Waals surface area contributed by atoms with E-state index in [0.717, 1.165) is 11.3 Å². The normalized spacial score (nSPS) is 9.74. The number of nitrogens with one attached hydrogen (secondary N) is 2. The average molecular weight is 254 g/mol. The molecule has 0 aliphatic rings. The Hall–Kier alpha value is -2.62. The van der Waals surface area contributed by atoms with Crippen LogP contribution in [-0.2, 0) is 4.79 Å². The molecule has 0 unspecified atom stereocenters. The van der Waals surface area contributed by atoms with Gasteiger partial charge in [0.05, 0.1) is 0 Å². The average Bonchev–Trinajstić information content (AvgIpc) is 2.42. The summed E-state index contributed by atoms with van der Waals surface area (Å²) in [5.74, 6) is -0.210. The molecule has 4 heteroatoms. The number of aryl methyl sites for hydroxylation is 1. The second-order valence-electron chi connectivity index (χ2n) is 4.16. The van der Waals surface area contributed by atoms with Crippen LogP contribution in [0.2, 0.25) is 0 Å². The summed E-state index contributed by atoms with van der Waals surface area (Å²) in [4.78, 5) is 22.4. The molecule has 0 fully saturated rings. The molecule has 2 rings (SSSR count). The van der Waals surface area contributed by atoms with Gasteiger partial charge in [-0.3, -0.25) is 9.59 Å². The van der Waals surface area contributed by atoms with E-state index in [2.05, 4.69) is 10.6 Å². The molecule has 4 nitrogen and oxygen atoms in total. The lowest BCUT2D eigenvalue weighted by atomic mass is 10.1. The van der Waals surface area contributed by atoms with Gasteiger partial charge in [0.25, 0.3) is 5.91 Å². The topological polar surface area (TPSA) is 58.2 Å². The van der Waals surface area contributed by atoms with Crippen LogP contribution in [0, 0.1) is 6.92 Å². The lowest BCUT2D eigenvalue weighted by Crippen LogP contribution is -2.12. The van der Waals surface area contributed by atoms with Crippen LogP contribution in [0.1, 0.15) is 15.9 Å². The van der Waals surface area contributed by atoms with E-state index in [0.29, 0.717) is 17.7 Å². The second-order valence-corrected chi connectivity index (χ2v) is 4.16. The Morgan fingerprint density at radius 3 is 2.47 bits per heavy atom. The predicted octanol–water partition coefficient (Wildman–Crippen LogP) is 2.82. The summed E-state index contributed by atoms with van der Waals surface area (Å²) in [5, 5.41) is 5.31. The number of benzene rings is 2. The molecule has 2 aromatic rings. The monoisotopic (exact) mass is 254 g/mol. The molecule has 0 aromatic heterocycles. The summed E-state index contributed by atoms with van der Waals surface area (Å²) >= 11 is 0. The Morgan fingerprint density at radius 2 is 1.79 bits per heavy atom. The standard InChI is InChI=1S/C15H14N2O2/c1-11-5-7-13(8-6-11)17-15(19)12-3-2-4-14(9-12)16-10-18/h2-10H,1H3,(H,16,18)(H,17,19). The minimum Gasteiger partial charge on any atom is -0.329 e. The highest BCUT2D eigenvalue weighted by molar-refractivity contribution is 6.05. The highest BCUT2D eigenvalue weighted by Gasteiger charge is 2.06. The number of amides is 2. The van der Waals surface area contributed by atoms with Crippen LogP contribution in [0.4, 0.5) is 11.4 Å². The number of carbonyl (C=O) groups is 2. The molecule has 2 N–H and O–H groups in total. The van der Waals surface area contributed by atoms with Crippen molar-refractivity contribution in [2.45, 2.75) is 6.92 Å². The molecule has 0 spiro atoms. The van der Waals surface area contributed by atoms with Gasteiger partial charge in [-0.15, -0.1) is 0 Å². The van der Waals surface area contributed by atoms with Crippen molar-refractivity contribution < 1.29 is 9.59 Å². The smallest absolute Gasteiger partial charge is 0.255 e. The minimum absolute atomic E-state index is 0.210. The van der Waals surface area contributed by atoms with E-state index in [4.69, 9.17) is 0 Å². The van der Waals surface area contributed by atoms with Gasteiger partial charge in [0.1, 0.15) is 0 Å². The SMILES string of the molecule is Cc1ccc(NC(=O)c2cccc(NC=O)c2)cc1. The lowest BCUT2D eigenvalue weighted by molar-refractivity contribution is -0.105. The molecular formula is C15H14N2O2. The van der Waals surface area contributed by atoms with Gasteiger partial charge in [-0.05, 0) is 37.3 Å². The largest absolute Gasteiger partial charge is 0.329 e. The molecule has 0 saturated carbocycles. The van der Waals surface area contributed by atoms with Gasteiger partial charge in [0, 0.05) is 16.9 Å². The maximum absolute atomic E-state index is 12.0. The van der Waals surface area contributed by atoms with Crippen molar-refractivity contribution in [1.29, 1.82) is 0 Å². The molecule has 0 aliphatic heterocycles. The summed E-state index contributed by atoms with van der Waals surface area (Å²) in [6, 6.07) is 14.3. The Bertz CT molecular complexity index is 591. The van der Waals surface area contributed by atoms with Crippen LogP contribution < -0.4 is 10.6 Å². The van der Waals surface area contributed by atoms with E-state index in [1.807, 2.05) is 31.2 Å². The fraction of sp³-hybridized carbons (Fsp3) is 0.0667. The summed E-state index contributed by atoms with van der Waals surface area (Å²) in [7, 11) is 0. The summed E-state index contributed by atoms with van der Waals surface area (Å²) < 4.78 is 0. The van der Waals surface area contributed by atoms with Gasteiger partial charge in [-0.25, -0.2) is 0 Å². The molecule has 0 aliphatic carbocycles. The first-order chi connectivity index (χ1) is 9.19. The zero-order valence-corrected chi connectivity index (χ0v) is 10.5. The quantitative estimate of drug-likeness (QED) is 0.824. The zero-order valence-electron chi connectivity index (χ0n) is 10.5. The van der Waals surface area contributed by atoms with Gasteiger partial charge >= 0.3 is 0 Å². The number of anilines is 2. The van der Waals surface area contributed by atoms with Crippen molar-refractivity contribution in [1.82, 2.24) is 0 Å². The van der Waals surface area contributed by atoms with Crippen molar-refractivity contribution in [2.75, 3.05) is 10.6 Å². The molecule has 19 heavy (non-hydrogen) atoms. The minimum atomic E-state index is -0.210. The molecule has 2 amide bonds. The first-order valence-electron chi connectivity index (χ1n) is 5.87. The maximum atomic E-state index is 12.0. The Balaban J connectivity index is 2.13. The molecule has 0 bridgehead atoms. The number of hydrogen-bond acceptors (Lipinski definition) is 2. The Morgan fingerprint density at radius 1 is 1.05 bits per heavy atom. The second kappa shape index (κ2) is 5.82. The van der Waals surface area contributed by atoms with Gasteiger partial charge in [0.15, 0.2) is 0 Å². The third-order valence-electron chi connectivity index (χ3n) is 2.66. The molecule has 96 valence electrons. The predicted molar refractivity (Wildman–Crippen MR) is 75.3 cm³/mol. The summed E-state index contributed by atoms with van der Waals surface area (Å²) in [5.41, 5.74) is 2.96. The fourth-order valence-electron chi connectivity index (χ4n) is 1.66. The third kappa shape index (κ3) is 3.42. The van der Waals surface area contributed by atoms with E-state index in [-0.39, 0.29) is 5.91 Å². The van der Waals surface area contributed by atoms with Crippen molar-refractivity contribution in [3.05, 3.63) is 59.7 Å². The van der Waals surface area contributed by atoms with Crippen LogP contribution in [0.3, 0.4) is 0 Å². The first-order valence-corrected chi connectivity index (χ1v) is 5.87. The maximum Gasteiger partial charge on any atom is 0.255 e.